The molecule has 0 aliphatic carbocycles. The standard InChI is InChI=1S/C8H19N.C2H6N2/c1-3-5-7-9-8-6-4-2;1-2(3)4/h9H,3-8H2,1-2H3;1,3-4H2. The summed E-state index contributed by atoms with van der Waals surface area (Å²) in [6.45, 7) is 9.97. The fourth-order valence-electron chi connectivity index (χ4n) is 0.729. The first-order valence-electron chi connectivity index (χ1n) is 5.05. The van der Waals surface area contributed by atoms with Crippen molar-refractivity contribution in [2.24, 2.45) is 11.5 Å². The van der Waals surface area contributed by atoms with Crippen LogP contribution in [0.3, 0.4) is 0 Å². The smallest absolute Gasteiger partial charge is 0.0859 e. The molecule has 0 unspecified atom stereocenters. The van der Waals surface area contributed by atoms with Crippen molar-refractivity contribution in [3.63, 3.8) is 0 Å². The van der Waals surface area contributed by atoms with Gasteiger partial charge in [0.15, 0.2) is 0 Å². The Morgan fingerprint density at radius 3 is 1.62 bits per heavy atom. The van der Waals surface area contributed by atoms with Crippen molar-refractivity contribution >= 4 is 0 Å². The average molecular weight is 187 g/mol. The summed E-state index contributed by atoms with van der Waals surface area (Å²) in [6, 6.07) is 0. The zero-order valence-electron chi connectivity index (χ0n) is 9.10. The van der Waals surface area contributed by atoms with E-state index in [9.17, 15) is 0 Å². The summed E-state index contributed by atoms with van der Waals surface area (Å²) in [5.74, 6) is 0.167. The lowest BCUT2D eigenvalue weighted by molar-refractivity contribution is 0.611. The Morgan fingerprint density at radius 2 is 1.38 bits per heavy atom. The number of hydrogen-bond acceptors (Lipinski definition) is 3. The molecule has 0 fully saturated rings. The lowest BCUT2D eigenvalue weighted by Crippen LogP contribution is -2.15. The van der Waals surface area contributed by atoms with Crippen LogP contribution in [0.1, 0.15) is 39.5 Å². The van der Waals surface area contributed by atoms with Gasteiger partial charge in [0, 0.05) is 0 Å². The maximum Gasteiger partial charge on any atom is 0.0859 e. The van der Waals surface area contributed by atoms with E-state index in [4.69, 9.17) is 11.5 Å². The van der Waals surface area contributed by atoms with E-state index >= 15 is 0 Å². The van der Waals surface area contributed by atoms with Gasteiger partial charge in [0.25, 0.3) is 0 Å². The Kier molecular flexibility index (Phi) is 15.8. The first kappa shape index (κ1) is 14.8. The zero-order valence-corrected chi connectivity index (χ0v) is 9.10. The molecule has 0 saturated heterocycles. The van der Waals surface area contributed by atoms with E-state index < -0.39 is 0 Å². The van der Waals surface area contributed by atoms with Crippen LogP contribution in [-0.2, 0) is 0 Å². The zero-order chi connectivity index (χ0) is 10.5. The second kappa shape index (κ2) is 13.9. The van der Waals surface area contributed by atoms with Crippen LogP contribution in [0.25, 0.3) is 0 Å². The van der Waals surface area contributed by atoms with Crippen molar-refractivity contribution in [3.8, 4) is 0 Å². The highest BCUT2D eigenvalue weighted by Gasteiger charge is 1.83. The Balaban J connectivity index is 0. The fraction of sp³-hybridized carbons (Fsp3) is 0.800. The molecule has 0 rings (SSSR count). The van der Waals surface area contributed by atoms with E-state index in [-0.39, 0.29) is 5.82 Å². The average Bonchev–Trinajstić information content (AvgIpc) is 2.03. The normalized spacial score (nSPS) is 8.77. The second-order valence-corrected chi connectivity index (χ2v) is 3.03. The minimum Gasteiger partial charge on any atom is -0.386 e. The maximum absolute atomic E-state index is 4.69. The third kappa shape index (κ3) is 34.8. The molecule has 0 spiro atoms. The summed E-state index contributed by atoms with van der Waals surface area (Å²) < 4.78 is 0. The van der Waals surface area contributed by atoms with E-state index in [1.54, 1.807) is 0 Å². The Morgan fingerprint density at radius 1 is 1.08 bits per heavy atom. The number of nitrogens with two attached hydrogens (primary N) is 2. The van der Waals surface area contributed by atoms with E-state index in [1.165, 1.54) is 38.8 Å². The molecule has 0 aromatic carbocycles. The Bertz CT molecular complexity index is 92.3. The van der Waals surface area contributed by atoms with Gasteiger partial charge in [0.05, 0.1) is 5.82 Å². The number of rotatable bonds is 6. The van der Waals surface area contributed by atoms with Crippen LogP contribution in [0.4, 0.5) is 0 Å². The van der Waals surface area contributed by atoms with Crippen molar-refractivity contribution in [2.45, 2.75) is 39.5 Å². The van der Waals surface area contributed by atoms with Crippen LogP contribution in [0.2, 0.25) is 0 Å². The van der Waals surface area contributed by atoms with Gasteiger partial charge in [-0.1, -0.05) is 33.3 Å². The van der Waals surface area contributed by atoms with Gasteiger partial charge >= 0.3 is 0 Å². The van der Waals surface area contributed by atoms with Crippen LogP contribution in [0.15, 0.2) is 12.4 Å². The van der Waals surface area contributed by atoms with Gasteiger partial charge in [0.1, 0.15) is 0 Å². The monoisotopic (exact) mass is 187 g/mol. The molecule has 5 N–H and O–H groups in total. The summed E-state index contributed by atoms with van der Waals surface area (Å²) in [5.41, 5.74) is 9.39. The molecule has 3 heteroatoms. The third-order valence-electron chi connectivity index (χ3n) is 1.41. The SMILES string of the molecule is C=C(N)N.CCCCNCCCC. The van der Waals surface area contributed by atoms with Crippen molar-refractivity contribution in [1.82, 2.24) is 5.32 Å². The molecular formula is C10H25N3. The lowest BCUT2D eigenvalue weighted by atomic mass is 10.3. The van der Waals surface area contributed by atoms with Crippen molar-refractivity contribution in [3.05, 3.63) is 12.4 Å². The molecule has 0 amide bonds. The summed E-state index contributed by atoms with van der Waals surface area (Å²) in [4.78, 5) is 0. The molecule has 0 saturated carbocycles. The van der Waals surface area contributed by atoms with E-state index in [2.05, 4.69) is 25.7 Å². The number of unbranched alkanes of at least 4 members (excludes halogenated alkanes) is 2. The molecule has 3 nitrogen and oxygen atoms in total. The summed E-state index contributed by atoms with van der Waals surface area (Å²) in [7, 11) is 0. The first-order chi connectivity index (χ1) is 6.15. The first-order valence-corrected chi connectivity index (χ1v) is 5.05. The van der Waals surface area contributed by atoms with Crippen LogP contribution in [0, 0.1) is 0 Å². The largest absolute Gasteiger partial charge is 0.386 e. The minimum atomic E-state index is 0.167. The van der Waals surface area contributed by atoms with Crippen LogP contribution in [0.5, 0.6) is 0 Å². The van der Waals surface area contributed by atoms with Gasteiger partial charge in [-0.05, 0) is 25.9 Å². The van der Waals surface area contributed by atoms with E-state index in [1.807, 2.05) is 0 Å². The molecule has 0 heterocycles. The molecular weight excluding hydrogens is 162 g/mol. The molecule has 0 aromatic heterocycles. The van der Waals surface area contributed by atoms with Gasteiger partial charge < -0.3 is 16.8 Å². The number of hydrogen-bond donors (Lipinski definition) is 3. The van der Waals surface area contributed by atoms with Gasteiger partial charge in [0.2, 0.25) is 0 Å². The number of nitrogens with one attached hydrogen (secondary N) is 1. The predicted molar refractivity (Wildman–Crippen MR) is 60.2 cm³/mol. The van der Waals surface area contributed by atoms with Gasteiger partial charge in [-0.2, -0.15) is 0 Å². The van der Waals surface area contributed by atoms with Crippen molar-refractivity contribution in [1.29, 1.82) is 0 Å². The summed E-state index contributed by atoms with van der Waals surface area (Å²) >= 11 is 0. The quantitative estimate of drug-likeness (QED) is 0.553. The van der Waals surface area contributed by atoms with Crippen LogP contribution < -0.4 is 16.8 Å². The van der Waals surface area contributed by atoms with E-state index in [0.717, 1.165) is 0 Å². The molecule has 0 atom stereocenters. The maximum atomic E-state index is 4.69. The fourth-order valence-corrected chi connectivity index (χ4v) is 0.729. The summed E-state index contributed by atoms with van der Waals surface area (Å²) in [6.07, 6.45) is 5.26. The molecule has 0 aromatic rings. The molecule has 0 bridgehead atoms. The van der Waals surface area contributed by atoms with Crippen LogP contribution >= 0.6 is 0 Å². The topological polar surface area (TPSA) is 64.1 Å². The highest BCUT2D eigenvalue weighted by atomic mass is 14.8. The van der Waals surface area contributed by atoms with Crippen LogP contribution in [-0.4, -0.2) is 13.1 Å². The predicted octanol–water partition coefficient (Wildman–Crippen LogP) is 1.55. The summed E-state index contributed by atoms with van der Waals surface area (Å²) in [5, 5.41) is 3.39. The second-order valence-electron chi connectivity index (χ2n) is 3.03. The molecule has 80 valence electrons. The Labute approximate surface area is 82.6 Å². The highest BCUT2D eigenvalue weighted by molar-refractivity contribution is 4.73. The Hall–Kier alpha value is -0.700. The van der Waals surface area contributed by atoms with E-state index in [0.29, 0.717) is 0 Å². The van der Waals surface area contributed by atoms with Gasteiger partial charge in [-0.15, -0.1) is 0 Å². The third-order valence-corrected chi connectivity index (χ3v) is 1.41. The van der Waals surface area contributed by atoms with Crippen molar-refractivity contribution in [2.75, 3.05) is 13.1 Å². The lowest BCUT2D eigenvalue weighted by Gasteiger charge is -1.99. The molecule has 13 heavy (non-hydrogen) atoms. The highest BCUT2D eigenvalue weighted by Crippen LogP contribution is 1.85. The molecule has 0 radical (unpaired) electrons. The minimum absolute atomic E-state index is 0.167. The molecule has 0 aliphatic rings. The van der Waals surface area contributed by atoms with Crippen molar-refractivity contribution < 1.29 is 0 Å². The van der Waals surface area contributed by atoms with Gasteiger partial charge in [-0.25, -0.2) is 0 Å². The molecule has 0 aliphatic heterocycles. The van der Waals surface area contributed by atoms with Gasteiger partial charge in [-0.3, -0.25) is 0 Å².